The predicted molar refractivity (Wildman–Crippen MR) is 87.9 cm³/mol. The molecule has 1 saturated heterocycles. The van der Waals surface area contributed by atoms with Crippen molar-refractivity contribution in [3.63, 3.8) is 0 Å². The summed E-state index contributed by atoms with van der Waals surface area (Å²) in [5.41, 5.74) is 1.93. The zero-order valence-corrected chi connectivity index (χ0v) is 14.1. The SMILES string of the molecule is COc1ccc2c(c1O)[C@]13CCN[C@H](C2)[C@@H]1C(C)C(C)C(=O)C3. The Morgan fingerprint density at radius 3 is 2.87 bits per heavy atom. The van der Waals surface area contributed by atoms with Crippen molar-refractivity contribution in [2.24, 2.45) is 17.8 Å². The number of Topliss-reactive ketones (excluding diaryl/α,β-unsaturated/α-hetero) is 1. The van der Waals surface area contributed by atoms with Gasteiger partial charge < -0.3 is 15.2 Å². The van der Waals surface area contributed by atoms with Crippen LogP contribution < -0.4 is 10.1 Å². The third-order valence-electron chi connectivity index (χ3n) is 6.79. The zero-order valence-electron chi connectivity index (χ0n) is 14.1. The van der Waals surface area contributed by atoms with Gasteiger partial charge in [-0.3, -0.25) is 4.79 Å². The minimum Gasteiger partial charge on any atom is -0.504 e. The molecule has 2 bridgehead atoms. The van der Waals surface area contributed by atoms with E-state index in [1.165, 1.54) is 5.56 Å². The molecule has 4 rings (SSSR count). The summed E-state index contributed by atoms with van der Waals surface area (Å²) in [6.07, 6.45) is 2.38. The third-order valence-corrected chi connectivity index (χ3v) is 6.79. The zero-order chi connectivity index (χ0) is 16.4. The second-order valence-corrected chi connectivity index (χ2v) is 7.64. The summed E-state index contributed by atoms with van der Waals surface area (Å²) >= 11 is 0. The smallest absolute Gasteiger partial charge is 0.161 e. The molecular formula is C19H25NO3. The van der Waals surface area contributed by atoms with Gasteiger partial charge in [-0.1, -0.05) is 19.9 Å². The van der Waals surface area contributed by atoms with Gasteiger partial charge in [0.2, 0.25) is 0 Å². The molecule has 2 unspecified atom stereocenters. The van der Waals surface area contributed by atoms with Crippen LogP contribution in [0.4, 0.5) is 0 Å². The molecule has 3 aliphatic rings. The van der Waals surface area contributed by atoms with Gasteiger partial charge in [-0.15, -0.1) is 0 Å². The number of phenolic OH excluding ortho intramolecular Hbond substituents is 1. The molecule has 1 saturated carbocycles. The van der Waals surface area contributed by atoms with Crippen molar-refractivity contribution >= 4 is 5.78 Å². The fourth-order valence-corrected chi connectivity index (χ4v) is 5.63. The summed E-state index contributed by atoms with van der Waals surface area (Å²) in [5, 5.41) is 14.5. The number of rotatable bonds is 1. The molecule has 4 nitrogen and oxygen atoms in total. The van der Waals surface area contributed by atoms with Crippen LogP contribution in [0.2, 0.25) is 0 Å². The van der Waals surface area contributed by atoms with E-state index in [1.54, 1.807) is 7.11 Å². The maximum Gasteiger partial charge on any atom is 0.161 e. The Morgan fingerprint density at radius 2 is 2.13 bits per heavy atom. The van der Waals surface area contributed by atoms with E-state index in [0.29, 0.717) is 35.8 Å². The number of hydrogen-bond donors (Lipinski definition) is 2. The van der Waals surface area contributed by atoms with Crippen molar-refractivity contribution in [1.82, 2.24) is 5.32 Å². The lowest BCUT2D eigenvalue weighted by Gasteiger charge is -2.58. The van der Waals surface area contributed by atoms with Crippen molar-refractivity contribution in [3.05, 3.63) is 23.3 Å². The summed E-state index contributed by atoms with van der Waals surface area (Å²) in [6.45, 7) is 5.19. The lowest BCUT2D eigenvalue weighted by atomic mass is 9.48. The van der Waals surface area contributed by atoms with E-state index in [9.17, 15) is 9.90 Å². The number of ketones is 1. The normalized spacial score (nSPS) is 38.7. The van der Waals surface area contributed by atoms with Crippen LogP contribution in [0, 0.1) is 17.8 Å². The average Bonchev–Trinajstić information content (AvgIpc) is 2.52. The first-order valence-corrected chi connectivity index (χ1v) is 8.65. The summed E-state index contributed by atoms with van der Waals surface area (Å²) < 4.78 is 5.35. The monoisotopic (exact) mass is 315 g/mol. The van der Waals surface area contributed by atoms with Gasteiger partial charge in [-0.05, 0) is 42.9 Å². The molecule has 0 radical (unpaired) electrons. The van der Waals surface area contributed by atoms with Crippen molar-refractivity contribution in [3.8, 4) is 11.5 Å². The molecule has 23 heavy (non-hydrogen) atoms. The van der Waals surface area contributed by atoms with Crippen molar-refractivity contribution in [1.29, 1.82) is 0 Å². The Hall–Kier alpha value is -1.55. The second kappa shape index (κ2) is 4.97. The highest BCUT2D eigenvalue weighted by atomic mass is 16.5. The molecule has 1 aromatic carbocycles. The number of phenols is 1. The topological polar surface area (TPSA) is 58.6 Å². The molecule has 5 atom stereocenters. The van der Waals surface area contributed by atoms with Crippen LogP contribution in [0.5, 0.6) is 11.5 Å². The largest absolute Gasteiger partial charge is 0.504 e. The minimum absolute atomic E-state index is 0.102. The van der Waals surface area contributed by atoms with Crippen molar-refractivity contribution in [2.45, 2.75) is 44.6 Å². The molecule has 2 fully saturated rings. The van der Waals surface area contributed by atoms with Crippen LogP contribution in [0.15, 0.2) is 12.1 Å². The predicted octanol–water partition coefficient (Wildman–Crippen LogP) is 2.42. The maximum absolute atomic E-state index is 12.7. The van der Waals surface area contributed by atoms with E-state index in [2.05, 4.69) is 25.2 Å². The Labute approximate surface area is 137 Å². The summed E-state index contributed by atoms with van der Waals surface area (Å²) in [5.74, 6) is 1.94. The summed E-state index contributed by atoms with van der Waals surface area (Å²) in [4.78, 5) is 12.7. The number of piperidine rings is 1. The van der Waals surface area contributed by atoms with E-state index in [0.717, 1.165) is 24.9 Å². The maximum atomic E-state index is 12.7. The highest BCUT2D eigenvalue weighted by Gasteiger charge is 2.58. The quantitative estimate of drug-likeness (QED) is 0.835. The standard InChI is InChI=1S/C19H25NO3/c1-10-11(2)16-13-8-12-4-5-15(23-3)18(22)17(12)19(16,6-7-20-13)9-14(10)21/h4-5,10-11,13,16,20,22H,6-9H2,1-3H3/t10?,11?,13-,16+,19+/m1/s1. The third kappa shape index (κ3) is 1.84. The number of aromatic hydroxyl groups is 1. The Bertz CT molecular complexity index is 671. The van der Waals surface area contributed by atoms with E-state index in [1.807, 2.05) is 6.07 Å². The summed E-state index contributed by atoms with van der Waals surface area (Å²) in [7, 11) is 1.58. The van der Waals surface area contributed by atoms with Gasteiger partial charge in [-0.25, -0.2) is 0 Å². The van der Waals surface area contributed by atoms with Crippen LogP contribution in [0.1, 0.15) is 37.8 Å². The minimum atomic E-state index is -0.231. The first kappa shape index (κ1) is 15.0. The number of nitrogens with one attached hydrogen (secondary N) is 1. The number of carbonyl (C=O) groups is 1. The molecular weight excluding hydrogens is 290 g/mol. The van der Waals surface area contributed by atoms with Crippen LogP contribution >= 0.6 is 0 Å². The van der Waals surface area contributed by atoms with E-state index in [-0.39, 0.29) is 17.1 Å². The molecule has 0 aromatic heterocycles. The van der Waals surface area contributed by atoms with Gasteiger partial charge in [0.25, 0.3) is 0 Å². The first-order valence-electron chi connectivity index (χ1n) is 8.65. The van der Waals surface area contributed by atoms with Crippen molar-refractivity contribution in [2.75, 3.05) is 13.7 Å². The van der Waals surface area contributed by atoms with Gasteiger partial charge in [0.15, 0.2) is 11.5 Å². The molecule has 2 aliphatic carbocycles. The highest BCUT2D eigenvalue weighted by Crippen LogP contribution is 2.59. The van der Waals surface area contributed by atoms with Gasteiger partial charge in [-0.2, -0.15) is 0 Å². The Morgan fingerprint density at radius 1 is 1.35 bits per heavy atom. The fraction of sp³-hybridized carbons (Fsp3) is 0.632. The van der Waals surface area contributed by atoms with Crippen LogP contribution in [-0.4, -0.2) is 30.6 Å². The summed E-state index contributed by atoms with van der Waals surface area (Å²) in [6, 6.07) is 4.31. The lowest BCUT2D eigenvalue weighted by molar-refractivity contribution is -0.134. The lowest BCUT2D eigenvalue weighted by Crippen LogP contribution is -2.64. The molecule has 2 N–H and O–H groups in total. The number of benzene rings is 1. The van der Waals surface area contributed by atoms with Crippen LogP contribution in [-0.2, 0) is 16.6 Å². The van der Waals surface area contributed by atoms with Gasteiger partial charge in [0.05, 0.1) is 7.11 Å². The second-order valence-electron chi connectivity index (χ2n) is 7.64. The Kier molecular flexibility index (Phi) is 3.24. The van der Waals surface area contributed by atoms with E-state index < -0.39 is 0 Å². The molecule has 124 valence electrons. The Balaban J connectivity index is 1.96. The van der Waals surface area contributed by atoms with Gasteiger partial charge in [0, 0.05) is 29.4 Å². The van der Waals surface area contributed by atoms with E-state index >= 15 is 0 Å². The average molecular weight is 315 g/mol. The first-order chi connectivity index (χ1) is 11.0. The fourth-order valence-electron chi connectivity index (χ4n) is 5.63. The molecule has 4 heteroatoms. The molecule has 0 amide bonds. The van der Waals surface area contributed by atoms with Gasteiger partial charge >= 0.3 is 0 Å². The number of hydrogen-bond acceptors (Lipinski definition) is 4. The number of fused-ring (bicyclic) bond motifs is 1. The number of ether oxygens (including phenoxy) is 1. The number of methoxy groups -OCH3 is 1. The van der Waals surface area contributed by atoms with Crippen molar-refractivity contribution < 1.29 is 14.6 Å². The molecule has 0 spiro atoms. The number of carbonyl (C=O) groups excluding carboxylic acids is 1. The van der Waals surface area contributed by atoms with Gasteiger partial charge in [0.1, 0.15) is 5.78 Å². The highest BCUT2D eigenvalue weighted by molar-refractivity contribution is 5.84. The van der Waals surface area contributed by atoms with Crippen LogP contribution in [0.3, 0.4) is 0 Å². The van der Waals surface area contributed by atoms with Crippen LogP contribution in [0.25, 0.3) is 0 Å². The van der Waals surface area contributed by atoms with E-state index in [4.69, 9.17) is 4.74 Å². The molecule has 1 aliphatic heterocycles. The molecule has 1 heterocycles. The molecule has 1 aromatic rings.